The first-order valence-corrected chi connectivity index (χ1v) is 8.53. The number of amides is 1. The SMILES string of the molecule is C[C@@H]1CN(C(=O)OC(C)(C)C)[C@H](C)C[C@H]1NCc1ccccc1. The molecule has 0 aromatic heterocycles. The van der Waals surface area contributed by atoms with Crippen LogP contribution in [0, 0.1) is 5.92 Å². The lowest BCUT2D eigenvalue weighted by molar-refractivity contribution is 0.00191. The smallest absolute Gasteiger partial charge is 0.410 e. The number of hydrogen-bond donors (Lipinski definition) is 1. The van der Waals surface area contributed by atoms with Gasteiger partial charge in [-0.15, -0.1) is 0 Å². The average molecular weight is 318 g/mol. The van der Waals surface area contributed by atoms with Crippen molar-refractivity contribution in [3.05, 3.63) is 35.9 Å². The third-order valence-electron chi connectivity index (χ3n) is 4.34. The van der Waals surface area contributed by atoms with Crippen LogP contribution >= 0.6 is 0 Å². The zero-order valence-corrected chi connectivity index (χ0v) is 15.0. The van der Waals surface area contributed by atoms with E-state index in [1.54, 1.807) is 0 Å². The number of carbonyl (C=O) groups excluding carboxylic acids is 1. The van der Waals surface area contributed by atoms with Gasteiger partial charge in [0.25, 0.3) is 0 Å². The zero-order valence-electron chi connectivity index (χ0n) is 15.0. The normalized spacial score (nSPS) is 25.3. The third-order valence-corrected chi connectivity index (χ3v) is 4.34. The van der Waals surface area contributed by atoms with Crippen molar-refractivity contribution < 1.29 is 9.53 Å². The first-order chi connectivity index (χ1) is 10.8. The molecule has 1 heterocycles. The summed E-state index contributed by atoms with van der Waals surface area (Å²) in [5, 5.41) is 3.65. The Morgan fingerprint density at radius 2 is 1.91 bits per heavy atom. The number of ether oxygens (including phenoxy) is 1. The number of carbonyl (C=O) groups is 1. The van der Waals surface area contributed by atoms with Crippen molar-refractivity contribution in [2.24, 2.45) is 5.92 Å². The van der Waals surface area contributed by atoms with Gasteiger partial charge in [-0.05, 0) is 45.6 Å². The van der Waals surface area contributed by atoms with Crippen LogP contribution in [0.1, 0.15) is 46.6 Å². The number of nitrogens with zero attached hydrogens (tertiary/aromatic N) is 1. The molecule has 2 rings (SSSR count). The van der Waals surface area contributed by atoms with E-state index in [9.17, 15) is 4.79 Å². The lowest BCUT2D eigenvalue weighted by Gasteiger charge is -2.42. The molecule has 1 fully saturated rings. The van der Waals surface area contributed by atoms with E-state index in [-0.39, 0.29) is 12.1 Å². The number of piperidine rings is 1. The third kappa shape index (κ3) is 5.24. The summed E-state index contributed by atoms with van der Waals surface area (Å²) in [5.74, 6) is 0.405. The van der Waals surface area contributed by atoms with Crippen molar-refractivity contribution in [1.29, 1.82) is 0 Å². The Kier molecular flexibility index (Phi) is 5.69. The molecule has 3 atom stereocenters. The summed E-state index contributed by atoms with van der Waals surface area (Å²) in [6, 6.07) is 11.0. The maximum absolute atomic E-state index is 12.3. The summed E-state index contributed by atoms with van der Waals surface area (Å²) in [4.78, 5) is 14.2. The number of benzene rings is 1. The number of likely N-dealkylation sites (tertiary alicyclic amines) is 1. The molecule has 1 N–H and O–H groups in total. The molecule has 0 aliphatic carbocycles. The van der Waals surface area contributed by atoms with E-state index in [1.807, 2.05) is 31.7 Å². The maximum Gasteiger partial charge on any atom is 0.410 e. The summed E-state index contributed by atoms with van der Waals surface area (Å²) >= 11 is 0. The Bertz CT molecular complexity index is 510. The van der Waals surface area contributed by atoms with E-state index in [4.69, 9.17) is 4.74 Å². The van der Waals surface area contributed by atoms with Gasteiger partial charge in [0.2, 0.25) is 0 Å². The Morgan fingerprint density at radius 3 is 2.52 bits per heavy atom. The summed E-state index contributed by atoms with van der Waals surface area (Å²) in [6.45, 7) is 11.6. The van der Waals surface area contributed by atoms with E-state index >= 15 is 0 Å². The summed E-state index contributed by atoms with van der Waals surface area (Å²) in [5.41, 5.74) is 0.851. The van der Waals surface area contributed by atoms with Gasteiger partial charge in [-0.1, -0.05) is 37.3 Å². The second-order valence-corrected chi connectivity index (χ2v) is 7.67. The highest BCUT2D eigenvalue weighted by Crippen LogP contribution is 2.24. The Balaban J connectivity index is 1.90. The molecule has 128 valence electrons. The Morgan fingerprint density at radius 1 is 1.26 bits per heavy atom. The van der Waals surface area contributed by atoms with Gasteiger partial charge in [0, 0.05) is 25.2 Å². The monoisotopic (exact) mass is 318 g/mol. The van der Waals surface area contributed by atoms with Gasteiger partial charge in [-0.3, -0.25) is 0 Å². The summed E-state index contributed by atoms with van der Waals surface area (Å²) in [6.07, 6.45) is 0.756. The topological polar surface area (TPSA) is 41.6 Å². The van der Waals surface area contributed by atoms with Gasteiger partial charge in [0.1, 0.15) is 5.60 Å². The standard InChI is InChI=1S/C19H30N2O2/c1-14-13-21(18(22)23-19(3,4)5)15(2)11-17(14)20-12-16-9-7-6-8-10-16/h6-10,14-15,17,20H,11-13H2,1-5H3/t14-,15-,17-/m1/s1. The fraction of sp³-hybridized carbons (Fsp3) is 0.632. The molecule has 4 nitrogen and oxygen atoms in total. The molecular formula is C19H30N2O2. The Hall–Kier alpha value is -1.55. The predicted octanol–water partition coefficient (Wildman–Crippen LogP) is 3.81. The average Bonchev–Trinajstić information content (AvgIpc) is 2.47. The van der Waals surface area contributed by atoms with Gasteiger partial charge in [0.15, 0.2) is 0 Å². The van der Waals surface area contributed by atoms with Gasteiger partial charge < -0.3 is 15.0 Å². The highest BCUT2D eigenvalue weighted by Gasteiger charge is 2.35. The van der Waals surface area contributed by atoms with E-state index in [0.717, 1.165) is 19.5 Å². The minimum Gasteiger partial charge on any atom is -0.444 e. The molecule has 0 spiro atoms. The minimum absolute atomic E-state index is 0.189. The number of nitrogens with one attached hydrogen (secondary N) is 1. The van der Waals surface area contributed by atoms with Crippen molar-refractivity contribution in [3.8, 4) is 0 Å². The molecule has 0 radical (unpaired) electrons. The molecule has 0 saturated carbocycles. The highest BCUT2D eigenvalue weighted by atomic mass is 16.6. The molecule has 1 saturated heterocycles. The molecule has 1 aliphatic rings. The van der Waals surface area contributed by atoms with E-state index in [2.05, 4.69) is 43.4 Å². The van der Waals surface area contributed by atoms with Crippen molar-refractivity contribution in [2.45, 2.75) is 65.3 Å². The van der Waals surface area contributed by atoms with Crippen LogP contribution in [0.25, 0.3) is 0 Å². The molecule has 0 bridgehead atoms. The fourth-order valence-electron chi connectivity index (χ4n) is 3.05. The molecule has 4 heteroatoms. The van der Waals surface area contributed by atoms with Crippen LogP contribution in [0.4, 0.5) is 4.79 Å². The second-order valence-electron chi connectivity index (χ2n) is 7.67. The lowest BCUT2D eigenvalue weighted by atomic mass is 9.89. The van der Waals surface area contributed by atoms with Gasteiger partial charge in [0.05, 0.1) is 0 Å². The van der Waals surface area contributed by atoms with E-state index < -0.39 is 5.60 Å². The highest BCUT2D eigenvalue weighted by molar-refractivity contribution is 5.68. The van der Waals surface area contributed by atoms with Gasteiger partial charge >= 0.3 is 6.09 Å². The molecule has 23 heavy (non-hydrogen) atoms. The van der Waals surface area contributed by atoms with Gasteiger partial charge in [-0.25, -0.2) is 4.79 Å². The molecule has 1 aromatic carbocycles. The number of hydrogen-bond acceptors (Lipinski definition) is 3. The number of rotatable bonds is 3. The maximum atomic E-state index is 12.3. The molecule has 0 unspecified atom stereocenters. The van der Waals surface area contributed by atoms with E-state index in [0.29, 0.717) is 12.0 Å². The van der Waals surface area contributed by atoms with Crippen LogP contribution in [-0.2, 0) is 11.3 Å². The second kappa shape index (κ2) is 7.35. The largest absolute Gasteiger partial charge is 0.444 e. The molecule has 1 amide bonds. The van der Waals surface area contributed by atoms with Crippen LogP contribution in [0.5, 0.6) is 0 Å². The molecule has 1 aromatic rings. The molecular weight excluding hydrogens is 288 g/mol. The summed E-state index contributed by atoms with van der Waals surface area (Å²) in [7, 11) is 0. The quantitative estimate of drug-likeness (QED) is 0.921. The van der Waals surface area contributed by atoms with E-state index in [1.165, 1.54) is 5.56 Å². The molecule has 1 aliphatic heterocycles. The van der Waals surface area contributed by atoms with Crippen molar-refractivity contribution in [2.75, 3.05) is 6.54 Å². The zero-order chi connectivity index (χ0) is 17.0. The van der Waals surface area contributed by atoms with Crippen molar-refractivity contribution >= 4 is 6.09 Å². The fourth-order valence-corrected chi connectivity index (χ4v) is 3.05. The van der Waals surface area contributed by atoms with Crippen LogP contribution in [0.3, 0.4) is 0 Å². The van der Waals surface area contributed by atoms with Crippen LogP contribution in [0.2, 0.25) is 0 Å². The van der Waals surface area contributed by atoms with Crippen molar-refractivity contribution in [3.63, 3.8) is 0 Å². The predicted molar refractivity (Wildman–Crippen MR) is 93.3 cm³/mol. The lowest BCUT2D eigenvalue weighted by Crippen LogP contribution is -2.54. The first-order valence-electron chi connectivity index (χ1n) is 8.53. The van der Waals surface area contributed by atoms with Crippen LogP contribution in [0.15, 0.2) is 30.3 Å². The summed E-state index contributed by atoms with van der Waals surface area (Å²) < 4.78 is 5.53. The Labute approximate surface area is 140 Å². The minimum atomic E-state index is -0.442. The van der Waals surface area contributed by atoms with Crippen LogP contribution < -0.4 is 5.32 Å². The van der Waals surface area contributed by atoms with Crippen molar-refractivity contribution in [1.82, 2.24) is 10.2 Å². The first kappa shape index (κ1) is 17.8. The van der Waals surface area contributed by atoms with Crippen LogP contribution in [-0.4, -0.2) is 35.2 Å². The van der Waals surface area contributed by atoms with Gasteiger partial charge in [-0.2, -0.15) is 0 Å².